The summed E-state index contributed by atoms with van der Waals surface area (Å²) in [6, 6.07) is 6.44. The van der Waals surface area contributed by atoms with E-state index in [4.69, 9.17) is 4.42 Å². The standard InChI is InChI=1S/C12H16N2O/c1-4-12-14-10-7-9(13-8(2)3)5-6-11(10)15-12/h5-8,13H,4H2,1-3H3. The number of anilines is 1. The van der Waals surface area contributed by atoms with Gasteiger partial charge in [0.25, 0.3) is 0 Å². The van der Waals surface area contributed by atoms with Gasteiger partial charge in [-0.15, -0.1) is 0 Å². The lowest BCUT2D eigenvalue weighted by atomic mass is 10.2. The number of rotatable bonds is 3. The summed E-state index contributed by atoms with van der Waals surface area (Å²) >= 11 is 0. The van der Waals surface area contributed by atoms with Gasteiger partial charge in [0.1, 0.15) is 5.52 Å². The minimum atomic E-state index is 0.431. The Balaban J connectivity index is 2.37. The van der Waals surface area contributed by atoms with Crippen molar-refractivity contribution in [3.63, 3.8) is 0 Å². The molecule has 0 spiro atoms. The van der Waals surface area contributed by atoms with Gasteiger partial charge in [0, 0.05) is 18.2 Å². The zero-order valence-corrected chi connectivity index (χ0v) is 9.37. The molecule has 0 atom stereocenters. The highest BCUT2D eigenvalue weighted by Crippen LogP contribution is 2.20. The van der Waals surface area contributed by atoms with Crippen LogP contribution in [0.2, 0.25) is 0 Å². The van der Waals surface area contributed by atoms with Gasteiger partial charge in [-0.05, 0) is 32.0 Å². The highest BCUT2D eigenvalue weighted by Gasteiger charge is 2.04. The molecule has 0 saturated carbocycles. The summed E-state index contributed by atoms with van der Waals surface area (Å²) in [6.07, 6.45) is 0.835. The Morgan fingerprint density at radius 3 is 2.87 bits per heavy atom. The smallest absolute Gasteiger partial charge is 0.195 e. The third kappa shape index (κ3) is 2.12. The minimum absolute atomic E-state index is 0.431. The van der Waals surface area contributed by atoms with E-state index in [2.05, 4.69) is 24.1 Å². The fourth-order valence-electron chi connectivity index (χ4n) is 1.55. The van der Waals surface area contributed by atoms with E-state index in [1.165, 1.54) is 0 Å². The van der Waals surface area contributed by atoms with Crippen LogP contribution in [-0.4, -0.2) is 11.0 Å². The molecule has 0 unspecified atom stereocenters. The predicted molar refractivity (Wildman–Crippen MR) is 62.1 cm³/mol. The van der Waals surface area contributed by atoms with Crippen molar-refractivity contribution in [1.82, 2.24) is 4.98 Å². The van der Waals surface area contributed by atoms with Crippen molar-refractivity contribution in [3.05, 3.63) is 24.1 Å². The summed E-state index contributed by atoms with van der Waals surface area (Å²) < 4.78 is 5.54. The monoisotopic (exact) mass is 204 g/mol. The number of aryl methyl sites for hydroxylation is 1. The molecule has 0 fully saturated rings. The van der Waals surface area contributed by atoms with Crippen molar-refractivity contribution >= 4 is 16.8 Å². The van der Waals surface area contributed by atoms with Crippen molar-refractivity contribution in [2.45, 2.75) is 33.2 Å². The Morgan fingerprint density at radius 1 is 1.40 bits per heavy atom. The van der Waals surface area contributed by atoms with E-state index in [9.17, 15) is 0 Å². The topological polar surface area (TPSA) is 38.1 Å². The van der Waals surface area contributed by atoms with Crippen LogP contribution in [-0.2, 0) is 6.42 Å². The lowest BCUT2D eigenvalue weighted by Crippen LogP contribution is -2.09. The van der Waals surface area contributed by atoms with E-state index in [0.29, 0.717) is 6.04 Å². The maximum Gasteiger partial charge on any atom is 0.195 e. The molecule has 3 nitrogen and oxygen atoms in total. The van der Waals surface area contributed by atoms with E-state index in [-0.39, 0.29) is 0 Å². The van der Waals surface area contributed by atoms with Crippen molar-refractivity contribution in [1.29, 1.82) is 0 Å². The quantitative estimate of drug-likeness (QED) is 0.834. The number of benzene rings is 1. The van der Waals surface area contributed by atoms with Crippen LogP contribution in [0.15, 0.2) is 22.6 Å². The van der Waals surface area contributed by atoms with Gasteiger partial charge in [-0.1, -0.05) is 6.92 Å². The summed E-state index contributed by atoms with van der Waals surface area (Å²) in [5.74, 6) is 0.798. The Bertz CT molecular complexity index is 460. The third-order valence-electron chi connectivity index (χ3n) is 2.19. The first kappa shape index (κ1) is 10.0. The van der Waals surface area contributed by atoms with Crippen LogP contribution in [0.25, 0.3) is 11.1 Å². The Hall–Kier alpha value is -1.51. The SMILES string of the molecule is CCc1nc2cc(NC(C)C)ccc2o1. The first-order chi connectivity index (χ1) is 7.19. The molecule has 1 aromatic heterocycles. The zero-order chi connectivity index (χ0) is 10.8. The Labute approximate surface area is 89.5 Å². The fraction of sp³-hybridized carbons (Fsp3) is 0.417. The zero-order valence-electron chi connectivity index (χ0n) is 9.37. The van der Waals surface area contributed by atoms with Crippen molar-refractivity contribution in [2.75, 3.05) is 5.32 Å². The first-order valence-electron chi connectivity index (χ1n) is 5.35. The average molecular weight is 204 g/mol. The molecule has 0 bridgehead atoms. The summed E-state index contributed by atoms with van der Waals surface area (Å²) in [5, 5.41) is 3.34. The van der Waals surface area contributed by atoms with Gasteiger partial charge in [0.15, 0.2) is 11.5 Å². The largest absolute Gasteiger partial charge is 0.441 e. The van der Waals surface area contributed by atoms with E-state index in [0.717, 1.165) is 29.1 Å². The summed E-state index contributed by atoms with van der Waals surface area (Å²) in [7, 11) is 0. The van der Waals surface area contributed by atoms with Crippen LogP contribution in [0.1, 0.15) is 26.7 Å². The van der Waals surface area contributed by atoms with Crippen LogP contribution in [0.5, 0.6) is 0 Å². The second-order valence-corrected chi connectivity index (χ2v) is 3.94. The fourth-order valence-corrected chi connectivity index (χ4v) is 1.55. The molecule has 2 rings (SSSR count). The van der Waals surface area contributed by atoms with Crippen molar-refractivity contribution in [2.24, 2.45) is 0 Å². The lowest BCUT2D eigenvalue weighted by molar-refractivity contribution is 0.538. The summed E-state index contributed by atoms with van der Waals surface area (Å²) in [5.41, 5.74) is 2.88. The Kier molecular flexibility index (Phi) is 2.62. The molecule has 3 heteroatoms. The highest BCUT2D eigenvalue weighted by atomic mass is 16.3. The van der Waals surface area contributed by atoms with E-state index in [1.54, 1.807) is 0 Å². The van der Waals surface area contributed by atoms with Crippen molar-refractivity contribution in [3.8, 4) is 0 Å². The molecule has 80 valence electrons. The lowest BCUT2D eigenvalue weighted by Gasteiger charge is -2.08. The van der Waals surface area contributed by atoms with E-state index in [1.807, 2.05) is 25.1 Å². The molecular weight excluding hydrogens is 188 g/mol. The number of aromatic nitrogens is 1. The van der Waals surface area contributed by atoms with E-state index < -0.39 is 0 Å². The van der Waals surface area contributed by atoms with Crippen LogP contribution >= 0.6 is 0 Å². The van der Waals surface area contributed by atoms with Crippen LogP contribution in [0.3, 0.4) is 0 Å². The molecule has 0 aliphatic rings. The number of nitrogens with one attached hydrogen (secondary N) is 1. The maximum absolute atomic E-state index is 5.54. The normalized spacial score (nSPS) is 11.2. The number of fused-ring (bicyclic) bond motifs is 1. The molecule has 0 aliphatic heterocycles. The summed E-state index contributed by atoms with van der Waals surface area (Å²) in [6.45, 7) is 6.27. The van der Waals surface area contributed by atoms with Crippen LogP contribution in [0.4, 0.5) is 5.69 Å². The minimum Gasteiger partial charge on any atom is -0.441 e. The first-order valence-corrected chi connectivity index (χ1v) is 5.35. The van der Waals surface area contributed by atoms with Gasteiger partial charge in [0.2, 0.25) is 0 Å². The van der Waals surface area contributed by atoms with Crippen LogP contribution in [0, 0.1) is 0 Å². The summed E-state index contributed by atoms with van der Waals surface area (Å²) in [4.78, 5) is 4.39. The molecule has 0 aliphatic carbocycles. The number of hydrogen-bond donors (Lipinski definition) is 1. The molecule has 2 aromatic rings. The van der Waals surface area contributed by atoms with Gasteiger partial charge in [-0.3, -0.25) is 0 Å². The molecule has 0 radical (unpaired) electrons. The third-order valence-corrected chi connectivity index (χ3v) is 2.19. The molecular formula is C12H16N2O. The van der Waals surface area contributed by atoms with Gasteiger partial charge < -0.3 is 9.73 Å². The molecule has 0 amide bonds. The molecule has 1 aromatic carbocycles. The average Bonchev–Trinajstić information content (AvgIpc) is 2.58. The van der Waals surface area contributed by atoms with Gasteiger partial charge >= 0.3 is 0 Å². The van der Waals surface area contributed by atoms with Gasteiger partial charge in [-0.25, -0.2) is 4.98 Å². The Morgan fingerprint density at radius 2 is 2.20 bits per heavy atom. The second kappa shape index (κ2) is 3.93. The van der Waals surface area contributed by atoms with Gasteiger partial charge in [0.05, 0.1) is 0 Å². The molecule has 15 heavy (non-hydrogen) atoms. The van der Waals surface area contributed by atoms with E-state index >= 15 is 0 Å². The number of oxazole rings is 1. The molecule has 1 N–H and O–H groups in total. The second-order valence-electron chi connectivity index (χ2n) is 3.94. The molecule has 0 saturated heterocycles. The van der Waals surface area contributed by atoms with Crippen molar-refractivity contribution < 1.29 is 4.42 Å². The van der Waals surface area contributed by atoms with Crippen LogP contribution < -0.4 is 5.32 Å². The number of nitrogens with zero attached hydrogens (tertiary/aromatic N) is 1. The highest BCUT2D eigenvalue weighted by molar-refractivity contribution is 5.77. The van der Waals surface area contributed by atoms with Gasteiger partial charge in [-0.2, -0.15) is 0 Å². The molecule has 1 heterocycles. The number of hydrogen-bond acceptors (Lipinski definition) is 3. The maximum atomic E-state index is 5.54. The predicted octanol–water partition coefficient (Wildman–Crippen LogP) is 3.21.